The normalized spacial score (nSPS) is 24.4. The zero-order valence-electron chi connectivity index (χ0n) is 12.5. The van der Waals surface area contributed by atoms with E-state index in [0.717, 1.165) is 32.1 Å². The molecule has 1 N–H and O–H groups in total. The first-order valence-electron chi connectivity index (χ1n) is 7.52. The van der Waals surface area contributed by atoms with Gasteiger partial charge in [-0.05, 0) is 45.4 Å². The molecule has 0 bridgehead atoms. The lowest BCUT2D eigenvalue weighted by Crippen LogP contribution is -2.49. The minimum Gasteiger partial charge on any atom is -0.381 e. The molecule has 1 heterocycles. The monoisotopic (exact) mass is 302 g/mol. The molecule has 20 heavy (non-hydrogen) atoms. The van der Waals surface area contributed by atoms with Gasteiger partial charge in [-0.2, -0.15) is 17.4 Å². The molecule has 0 spiro atoms. The van der Waals surface area contributed by atoms with Gasteiger partial charge in [0, 0.05) is 26.2 Å². The highest BCUT2D eigenvalue weighted by atomic mass is 32.2. The van der Waals surface area contributed by atoms with E-state index >= 15 is 0 Å². The van der Waals surface area contributed by atoms with Gasteiger partial charge in [0.25, 0.3) is 10.2 Å². The number of nitrogens with one attached hydrogen (secondary N) is 1. The molecule has 0 amide bonds. The Hall–Kier alpha value is -0.430. The average molecular weight is 302 g/mol. The van der Waals surface area contributed by atoms with Gasteiger partial charge in [-0.15, -0.1) is 0 Å². The van der Waals surface area contributed by atoms with Gasteiger partial charge in [0.2, 0.25) is 0 Å². The SMILES string of the molecule is COC1CCN(S(=O)(=O)N[C@H](C)C2=CCCCC2)CC1. The van der Waals surface area contributed by atoms with Crippen molar-refractivity contribution in [1.82, 2.24) is 9.03 Å². The lowest BCUT2D eigenvalue weighted by atomic mass is 9.95. The third-order valence-corrected chi connectivity index (χ3v) is 5.98. The summed E-state index contributed by atoms with van der Waals surface area (Å²) in [7, 11) is -1.69. The maximum atomic E-state index is 12.4. The molecule has 1 fully saturated rings. The Balaban J connectivity index is 1.92. The predicted octanol–water partition coefficient (Wildman–Crippen LogP) is 1.82. The fourth-order valence-electron chi connectivity index (χ4n) is 2.94. The Kier molecular flexibility index (Phi) is 5.60. The summed E-state index contributed by atoms with van der Waals surface area (Å²) in [5.41, 5.74) is 1.23. The molecule has 0 aromatic carbocycles. The summed E-state index contributed by atoms with van der Waals surface area (Å²) in [4.78, 5) is 0. The lowest BCUT2D eigenvalue weighted by Gasteiger charge is -2.32. The molecule has 0 aromatic rings. The van der Waals surface area contributed by atoms with Crippen molar-refractivity contribution in [2.24, 2.45) is 0 Å². The van der Waals surface area contributed by atoms with E-state index in [4.69, 9.17) is 4.74 Å². The van der Waals surface area contributed by atoms with Crippen LogP contribution in [0.15, 0.2) is 11.6 Å². The van der Waals surface area contributed by atoms with Gasteiger partial charge in [0.15, 0.2) is 0 Å². The van der Waals surface area contributed by atoms with Gasteiger partial charge in [0.1, 0.15) is 0 Å². The summed E-state index contributed by atoms with van der Waals surface area (Å²) in [6, 6.07) is -0.0968. The molecule has 1 saturated heterocycles. The number of rotatable bonds is 5. The van der Waals surface area contributed by atoms with Gasteiger partial charge in [-0.1, -0.05) is 11.6 Å². The Morgan fingerprint density at radius 2 is 2.05 bits per heavy atom. The first kappa shape index (κ1) is 15.9. The van der Waals surface area contributed by atoms with E-state index in [1.807, 2.05) is 6.92 Å². The fraction of sp³-hybridized carbons (Fsp3) is 0.857. The topological polar surface area (TPSA) is 58.6 Å². The molecule has 6 heteroatoms. The highest BCUT2D eigenvalue weighted by Crippen LogP contribution is 2.21. The van der Waals surface area contributed by atoms with Crippen molar-refractivity contribution in [3.63, 3.8) is 0 Å². The molecule has 0 saturated carbocycles. The minimum atomic E-state index is -3.38. The summed E-state index contributed by atoms with van der Waals surface area (Å²) in [5.74, 6) is 0. The van der Waals surface area contributed by atoms with Gasteiger partial charge in [-0.3, -0.25) is 0 Å². The van der Waals surface area contributed by atoms with Crippen molar-refractivity contribution in [3.05, 3.63) is 11.6 Å². The van der Waals surface area contributed by atoms with Crippen molar-refractivity contribution in [3.8, 4) is 0 Å². The number of nitrogens with zero attached hydrogens (tertiary/aromatic N) is 1. The maximum absolute atomic E-state index is 12.4. The van der Waals surface area contributed by atoms with Crippen LogP contribution in [0, 0.1) is 0 Å². The van der Waals surface area contributed by atoms with Crippen LogP contribution < -0.4 is 4.72 Å². The Morgan fingerprint density at radius 1 is 1.35 bits per heavy atom. The number of ether oxygens (including phenoxy) is 1. The molecule has 0 aromatic heterocycles. The largest absolute Gasteiger partial charge is 0.381 e. The second kappa shape index (κ2) is 7.02. The summed E-state index contributed by atoms with van der Waals surface area (Å²) >= 11 is 0. The van der Waals surface area contributed by atoms with E-state index in [0.29, 0.717) is 13.1 Å². The average Bonchev–Trinajstić information content (AvgIpc) is 2.48. The summed E-state index contributed by atoms with van der Waals surface area (Å²) in [5, 5.41) is 0. The lowest BCUT2D eigenvalue weighted by molar-refractivity contribution is 0.0601. The smallest absolute Gasteiger partial charge is 0.279 e. The number of hydrogen-bond donors (Lipinski definition) is 1. The first-order chi connectivity index (χ1) is 9.53. The van der Waals surface area contributed by atoms with Crippen LogP contribution in [-0.4, -0.2) is 45.1 Å². The third-order valence-electron chi connectivity index (χ3n) is 4.28. The number of methoxy groups -OCH3 is 1. The van der Waals surface area contributed by atoms with E-state index in [2.05, 4.69) is 10.8 Å². The van der Waals surface area contributed by atoms with Crippen LogP contribution in [0.25, 0.3) is 0 Å². The van der Waals surface area contributed by atoms with Gasteiger partial charge in [-0.25, -0.2) is 0 Å². The summed E-state index contributed by atoms with van der Waals surface area (Å²) in [6.45, 7) is 3.02. The van der Waals surface area contributed by atoms with Crippen molar-refractivity contribution in [2.75, 3.05) is 20.2 Å². The predicted molar refractivity (Wildman–Crippen MR) is 79.7 cm³/mol. The van der Waals surface area contributed by atoms with Crippen molar-refractivity contribution >= 4 is 10.2 Å². The molecule has 5 nitrogen and oxygen atoms in total. The van der Waals surface area contributed by atoms with Gasteiger partial charge in [0.05, 0.1) is 6.10 Å². The zero-order chi connectivity index (χ0) is 14.6. The van der Waals surface area contributed by atoms with Gasteiger partial charge < -0.3 is 4.74 Å². The van der Waals surface area contributed by atoms with E-state index in [-0.39, 0.29) is 12.1 Å². The molecular weight excluding hydrogens is 276 g/mol. The van der Waals surface area contributed by atoms with Crippen LogP contribution >= 0.6 is 0 Å². The zero-order valence-corrected chi connectivity index (χ0v) is 13.3. The van der Waals surface area contributed by atoms with Crippen LogP contribution in [0.2, 0.25) is 0 Å². The van der Waals surface area contributed by atoms with E-state index < -0.39 is 10.2 Å². The summed E-state index contributed by atoms with van der Waals surface area (Å²) in [6.07, 6.45) is 8.39. The van der Waals surface area contributed by atoms with Gasteiger partial charge >= 0.3 is 0 Å². The third kappa shape index (κ3) is 4.04. The standard InChI is InChI=1S/C14H26N2O3S/c1-12(13-6-4-3-5-7-13)15-20(17,18)16-10-8-14(19-2)9-11-16/h6,12,14-15H,3-5,7-11H2,1-2H3/t12-/m1/s1. The second-order valence-electron chi connectivity index (χ2n) is 5.70. The number of hydrogen-bond acceptors (Lipinski definition) is 3. The highest BCUT2D eigenvalue weighted by Gasteiger charge is 2.29. The highest BCUT2D eigenvalue weighted by molar-refractivity contribution is 7.87. The number of allylic oxidation sites excluding steroid dienone is 1. The summed E-state index contributed by atoms with van der Waals surface area (Å²) < 4.78 is 34.4. The van der Waals surface area contributed by atoms with Crippen LogP contribution in [0.1, 0.15) is 45.4 Å². The van der Waals surface area contributed by atoms with Crippen molar-refractivity contribution in [2.45, 2.75) is 57.6 Å². The van der Waals surface area contributed by atoms with Crippen molar-refractivity contribution in [1.29, 1.82) is 0 Å². The quantitative estimate of drug-likeness (QED) is 0.788. The van der Waals surface area contributed by atoms with Crippen LogP contribution in [0.5, 0.6) is 0 Å². The Bertz CT molecular complexity index is 439. The van der Waals surface area contributed by atoms with E-state index in [9.17, 15) is 8.42 Å². The molecule has 0 radical (unpaired) electrons. The maximum Gasteiger partial charge on any atom is 0.279 e. The van der Waals surface area contributed by atoms with Crippen LogP contribution in [0.3, 0.4) is 0 Å². The second-order valence-corrected chi connectivity index (χ2v) is 7.41. The Morgan fingerprint density at radius 3 is 2.60 bits per heavy atom. The van der Waals surface area contributed by atoms with E-state index in [1.165, 1.54) is 12.0 Å². The molecule has 2 rings (SSSR count). The first-order valence-corrected chi connectivity index (χ1v) is 8.96. The molecule has 1 aliphatic carbocycles. The molecule has 1 aliphatic heterocycles. The number of piperidine rings is 1. The molecule has 2 aliphatic rings. The van der Waals surface area contributed by atoms with Crippen molar-refractivity contribution < 1.29 is 13.2 Å². The molecular formula is C14H26N2O3S. The minimum absolute atomic E-state index is 0.0968. The molecule has 0 unspecified atom stereocenters. The molecule has 1 atom stereocenters. The molecule has 116 valence electrons. The van der Waals surface area contributed by atoms with E-state index in [1.54, 1.807) is 11.4 Å². The van der Waals surface area contributed by atoms with Crippen LogP contribution in [-0.2, 0) is 14.9 Å². The van der Waals surface area contributed by atoms with Crippen LogP contribution in [0.4, 0.5) is 0 Å². The Labute approximate surface area is 122 Å². The fourth-order valence-corrected chi connectivity index (χ4v) is 4.38.